The topological polar surface area (TPSA) is 233 Å². The molecule has 0 aromatic carbocycles. The van der Waals surface area contributed by atoms with Crippen molar-refractivity contribution in [2.75, 3.05) is 84.7 Å². The molecule has 0 N–H and O–H groups in total. The third-order valence-electron chi connectivity index (χ3n) is 0.605. The van der Waals surface area contributed by atoms with Gasteiger partial charge in [0, 0.05) is 62.6 Å². The molecule has 0 saturated carbocycles. The zero-order valence-corrected chi connectivity index (χ0v) is 48.7. The van der Waals surface area contributed by atoms with E-state index in [4.69, 9.17) is 0 Å². The van der Waals surface area contributed by atoms with Gasteiger partial charge >= 0.3 is 125 Å². The van der Waals surface area contributed by atoms with Gasteiger partial charge < -0.3 is 4.74 Å². The number of rotatable bonds is 2. The predicted octanol–water partition coefficient (Wildman–Crippen LogP) is 6.96. The van der Waals surface area contributed by atoms with Gasteiger partial charge in [-0.05, 0) is 12.5 Å². The Morgan fingerprint density at radius 1 is 0.623 bits per heavy atom. The fourth-order valence-electron chi connectivity index (χ4n) is 0. The Hall–Kier alpha value is 1.31. The van der Waals surface area contributed by atoms with E-state index in [1.54, 1.807) is 50.1 Å². The van der Waals surface area contributed by atoms with E-state index in [0.717, 1.165) is 66.3 Å². The van der Waals surface area contributed by atoms with Crippen molar-refractivity contribution in [2.24, 2.45) is 0 Å². The molecular weight excluding hydrogens is 1060 g/mol. The summed E-state index contributed by atoms with van der Waals surface area (Å²) in [4.78, 5) is 0. The van der Waals surface area contributed by atoms with Gasteiger partial charge in [-0.3, -0.25) is 8.39 Å². The Labute approximate surface area is 353 Å². The Morgan fingerprint density at radius 2 is 0.660 bits per heavy atom. The van der Waals surface area contributed by atoms with Crippen molar-refractivity contribution in [1.29, 1.82) is 0 Å². The molecule has 348 valence electrons. The van der Waals surface area contributed by atoms with Crippen molar-refractivity contribution in [3.05, 3.63) is 0 Å². The molecule has 0 aromatic rings. The van der Waals surface area contributed by atoms with Crippen LogP contribution in [0, 0.1) is 0 Å². The summed E-state index contributed by atoms with van der Waals surface area (Å²) < 4.78 is 129. The van der Waals surface area contributed by atoms with Crippen molar-refractivity contribution in [1.82, 2.24) is 0 Å². The minimum absolute atomic E-state index is 0. The van der Waals surface area contributed by atoms with E-state index in [1.165, 1.54) is 11.6 Å². The molecule has 0 aliphatic heterocycles. The molecule has 0 heterocycles. The standard InChI is InChI=1S/C2H6O3S.C2H6O3Se.2C2H6O2S.C2H6O2Se.C2H6OS.C2H6OSe.C2H6O.C2H6S.C2H6Se.4C2H6.CH4/c2*1-5-6(2,3)4;3*1-5(2,3)4;2*1-4(2)3;3*1-3-2;4*1-2;/h2*1-2H3;3*1-2H3;2*1-2H3;3*1-2H3;4*1-2H3;1H4. The summed E-state index contributed by atoms with van der Waals surface area (Å²) in [6.07, 6.45) is 13.0. The fraction of sp³-hybridized carbons (Fsp3) is 1.00. The molecule has 0 atom stereocenters. The molecule has 0 saturated heterocycles. The molecule has 0 aliphatic rings. The van der Waals surface area contributed by atoms with Gasteiger partial charge in [-0.2, -0.15) is 20.2 Å². The van der Waals surface area contributed by atoms with Crippen LogP contribution in [0.3, 0.4) is 0 Å². The van der Waals surface area contributed by atoms with Crippen LogP contribution in [0.5, 0.6) is 0 Å². The van der Waals surface area contributed by atoms with E-state index in [-0.39, 0.29) is 7.43 Å². The van der Waals surface area contributed by atoms with Crippen LogP contribution < -0.4 is 0 Å². The third-order valence-corrected chi connectivity index (χ3v) is 2.48. The van der Waals surface area contributed by atoms with Crippen LogP contribution in [-0.4, -0.2) is 169 Å². The van der Waals surface area contributed by atoms with E-state index in [1.807, 2.05) is 67.9 Å². The Bertz CT molecular complexity index is 995. The van der Waals surface area contributed by atoms with Gasteiger partial charge in [0.1, 0.15) is 19.7 Å². The van der Waals surface area contributed by atoms with Gasteiger partial charge in [0.25, 0.3) is 10.1 Å². The van der Waals surface area contributed by atoms with Crippen molar-refractivity contribution in [2.45, 2.75) is 104 Å². The zero-order valence-electron chi connectivity index (χ0n) is 37.8. The summed E-state index contributed by atoms with van der Waals surface area (Å²) in [6, 6.07) is 0. The molecule has 0 unspecified atom stereocenters. The second-order valence-electron chi connectivity index (χ2n) is 7.88. The summed E-state index contributed by atoms with van der Waals surface area (Å²) in [5.74, 6) is 11.4. The van der Waals surface area contributed by atoms with Gasteiger partial charge in [0.05, 0.1) is 13.4 Å². The Kier molecular flexibility index (Phi) is 154. The van der Waals surface area contributed by atoms with Crippen LogP contribution in [-0.2, 0) is 72.5 Å². The van der Waals surface area contributed by atoms with Crippen molar-refractivity contribution in [3.63, 3.8) is 0 Å². The summed E-state index contributed by atoms with van der Waals surface area (Å²) >= 11 is -5.69. The first-order valence-corrected chi connectivity index (χ1v) is 40.7. The van der Waals surface area contributed by atoms with Gasteiger partial charge in [0.15, 0.2) is 0 Å². The molecule has 53 heavy (non-hydrogen) atoms. The monoisotopic (exact) mass is 1160 g/mol. The number of sulfone groups is 2. The molecule has 0 aliphatic carbocycles. The quantitative estimate of drug-likeness (QED) is 0.201. The molecule has 15 nitrogen and oxygen atoms in total. The second-order valence-corrected chi connectivity index (χ2v) is 29.8. The fourth-order valence-corrected chi connectivity index (χ4v) is 0. The number of ether oxygens (including phenoxy) is 1. The van der Waals surface area contributed by atoms with Gasteiger partial charge in [-0.25, -0.2) is 16.8 Å². The molecule has 0 spiro atoms. The van der Waals surface area contributed by atoms with Crippen LogP contribution in [0.1, 0.15) is 62.8 Å². The molecule has 0 aromatic heterocycles. The first-order chi connectivity index (χ1) is 22.8. The SMILES string of the molecule is C.CC.CC.CC.CC.COC.COS(C)(=O)=O.CO[Se](C)(=O)=O.CS(C)(=O)=O.CS(C)(=O)=O.CS(C)=O.CSC.C[Se](C)(=O)=O.C[Se](C)=O.C[Se]C. The van der Waals surface area contributed by atoms with Crippen LogP contribution in [0.2, 0.25) is 40.8 Å². The molecule has 0 radical (unpaired) electrons. The number of hydrogen-bond donors (Lipinski definition) is 0. The molecule has 0 rings (SSSR count). The van der Waals surface area contributed by atoms with Crippen LogP contribution >= 0.6 is 11.8 Å². The predicted molar refractivity (Wildman–Crippen MR) is 242 cm³/mol. The number of methoxy groups -OCH3 is 1. The molecular formula is C29H88O15S5Se4. The van der Waals surface area contributed by atoms with Crippen LogP contribution in [0.25, 0.3) is 0 Å². The summed E-state index contributed by atoms with van der Waals surface area (Å²) in [5.41, 5.74) is 0. The maximum absolute atomic E-state index is 9.85. The first kappa shape index (κ1) is 99.9. The van der Waals surface area contributed by atoms with Crippen molar-refractivity contribution in [3.8, 4) is 0 Å². The molecule has 0 bridgehead atoms. The van der Waals surface area contributed by atoms with E-state index >= 15 is 0 Å². The van der Waals surface area contributed by atoms with Crippen LogP contribution in [0.4, 0.5) is 0 Å². The van der Waals surface area contributed by atoms with Crippen molar-refractivity contribution >= 4 is 107 Å². The first-order valence-electron chi connectivity index (χ1n) is 14.5. The molecule has 0 amide bonds. The summed E-state index contributed by atoms with van der Waals surface area (Å²) in [5, 5.41) is 0. The Morgan fingerprint density at radius 3 is 0.660 bits per heavy atom. The third kappa shape index (κ3) is 2630. The Balaban J connectivity index is -0.0000000229. The molecule has 24 heteroatoms. The summed E-state index contributed by atoms with van der Waals surface area (Å²) in [7, 11) is -3.58. The van der Waals surface area contributed by atoms with Crippen LogP contribution in [0.15, 0.2) is 0 Å². The van der Waals surface area contributed by atoms with Gasteiger partial charge in [-0.1, -0.05) is 62.8 Å². The van der Waals surface area contributed by atoms with E-state index in [9.17, 15) is 48.6 Å². The average Bonchev–Trinajstić information content (AvgIpc) is 2.91. The van der Waals surface area contributed by atoms with E-state index in [2.05, 4.69) is 24.4 Å². The second kappa shape index (κ2) is 81.5. The maximum atomic E-state index is 9.85. The zero-order chi connectivity index (χ0) is 47.2. The van der Waals surface area contributed by atoms with E-state index < -0.39 is 80.2 Å². The van der Waals surface area contributed by atoms with Gasteiger partial charge in [-0.15, -0.1) is 0 Å². The molecule has 0 fully saturated rings. The average molecular weight is 1150 g/mol. The summed E-state index contributed by atoms with van der Waals surface area (Å²) in [6.45, 7) is 16.0. The van der Waals surface area contributed by atoms with Crippen molar-refractivity contribution < 1.29 is 61.4 Å². The van der Waals surface area contributed by atoms with E-state index in [0.29, 0.717) is 0 Å². The number of hydrogen-bond acceptors (Lipinski definition) is 16. The van der Waals surface area contributed by atoms with Gasteiger partial charge in [0.2, 0.25) is 0 Å². The minimum atomic E-state index is -3.78. The number of thioether (sulfide) groups is 1. The normalized spacial score (nSPS) is 8.72.